The smallest absolute Gasteiger partial charge is 0.325 e. The van der Waals surface area contributed by atoms with E-state index >= 15 is 0 Å². The van der Waals surface area contributed by atoms with E-state index in [1.165, 1.54) is 11.9 Å². The summed E-state index contributed by atoms with van der Waals surface area (Å²) in [6, 6.07) is 0.891. The van der Waals surface area contributed by atoms with Gasteiger partial charge in [-0.05, 0) is 31.4 Å². The first kappa shape index (κ1) is 26.1. The van der Waals surface area contributed by atoms with Crippen molar-refractivity contribution in [3.8, 4) is 0 Å². The average Bonchev–Trinajstić information content (AvgIpc) is 2.76. The SMILES string of the molecule is CC(NC(=O)C(Cc1cccnc1)NC=O)C(=O)N1CCCC(C(=O)OCC(Cl)(Cl)Cl)N1. The summed E-state index contributed by atoms with van der Waals surface area (Å²) in [5.74, 6) is -1.64. The van der Waals surface area contributed by atoms with E-state index in [4.69, 9.17) is 39.5 Å². The predicted molar refractivity (Wildman–Crippen MR) is 118 cm³/mol. The summed E-state index contributed by atoms with van der Waals surface area (Å²) in [5.41, 5.74) is 3.53. The summed E-state index contributed by atoms with van der Waals surface area (Å²) in [5, 5.41) is 6.29. The van der Waals surface area contributed by atoms with Crippen LogP contribution in [-0.2, 0) is 30.3 Å². The number of pyridine rings is 1. The molecule has 0 radical (unpaired) electrons. The number of carbonyl (C=O) groups excluding carboxylic acids is 4. The Labute approximate surface area is 200 Å². The average molecular weight is 509 g/mol. The van der Waals surface area contributed by atoms with Crippen LogP contribution in [0, 0.1) is 0 Å². The van der Waals surface area contributed by atoms with E-state index in [-0.39, 0.29) is 6.42 Å². The first-order chi connectivity index (χ1) is 15.1. The predicted octanol–water partition coefficient (Wildman–Crippen LogP) is 0.652. The largest absolute Gasteiger partial charge is 0.460 e. The number of nitrogens with one attached hydrogen (secondary N) is 3. The number of hydrogen-bond donors (Lipinski definition) is 3. The maximum atomic E-state index is 12.8. The summed E-state index contributed by atoms with van der Waals surface area (Å²) in [4.78, 5) is 52.5. The van der Waals surface area contributed by atoms with Crippen molar-refractivity contribution >= 4 is 59.0 Å². The number of amides is 3. The molecule has 2 heterocycles. The quantitative estimate of drug-likeness (QED) is 0.254. The Morgan fingerprint density at radius 3 is 2.78 bits per heavy atom. The van der Waals surface area contributed by atoms with Gasteiger partial charge in [0.25, 0.3) is 5.91 Å². The molecule has 1 saturated heterocycles. The third-order valence-corrected chi connectivity index (χ3v) is 4.92. The van der Waals surface area contributed by atoms with E-state index in [0.29, 0.717) is 25.8 Å². The lowest BCUT2D eigenvalue weighted by atomic mass is 10.1. The van der Waals surface area contributed by atoms with E-state index in [0.717, 1.165) is 5.56 Å². The van der Waals surface area contributed by atoms with Gasteiger partial charge in [-0.1, -0.05) is 40.9 Å². The Balaban J connectivity index is 1.92. The summed E-state index contributed by atoms with van der Waals surface area (Å²) in [6.07, 6.45) is 4.77. The molecule has 0 saturated carbocycles. The van der Waals surface area contributed by atoms with Crippen molar-refractivity contribution in [2.45, 2.75) is 48.1 Å². The number of halogens is 3. The number of hydrazine groups is 1. The molecule has 32 heavy (non-hydrogen) atoms. The van der Waals surface area contributed by atoms with Gasteiger partial charge in [-0.15, -0.1) is 0 Å². The van der Waals surface area contributed by atoms with Crippen LogP contribution in [0.25, 0.3) is 0 Å². The molecule has 1 aliphatic heterocycles. The number of alkyl halides is 3. The maximum Gasteiger partial charge on any atom is 0.325 e. The highest BCUT2D eigenvalue weighted by atomic mass is 35.6. The van der Waals surface area contributed by atoms with E-state index in [9.17, 15) is 19.2 Å². The van der Waals surface area contributed by atoms with Crippen LogP contribution in [0.15, 0.2) is 24.5 Å². The summed E-state index contributed by atoms with van der Waals surface area (Å²) in [6.45, 7) is 1.42. The molecule has 3 unspecified atom stereocenters. The molecule has 1 aliphatic rings. The van der Waals surface area contributed by atoms with Crippen molar-refractivity contribution in [2.75, 3.05) is 13.2 Å². The number of ether oxygens (including phenoxy) is 1. The van der Waals surface area contributed by atoms with E-state index in [1.807, 2.05) is 0 Å². The second-order valence-corrected chi connectivity index (χ2v) is 9.69. The summed E-state index contributed by atoms with van der Waals surface area (Å²) >= 11 is 16.7. The topological polar surface area (TPSA) is 130 Å². The fraction of sp³-hybridized carbons (Fsp3) is 0.526. The second kappa shape index (κ2) is 12.2. The van der Waals surface area contributed by atoms with Crippen LogP contribution in [0.5, 0.6) is 0 Å². The van der Waals surface area contributed by atoms with Crippen molar-refractivity contribution in [1.82, 2.24) is 26.1 Å². The molecule has 3 atom stereocenters. The molecule has 1 aromatic rings. The number of nitrogens with zero attached hydrogens (tertiary/aromatic N) is 2. The zero-order chi connectivity index (χ0) is 23.7. The van der Waals surface area contributed by atoms with E-state index < -0.39 is 46.3 Å². The summed E-state index contributed by atoms with van der Waals surface area (Å²) in [7, 11) is 0. The minimum Gasteiger partial charge on any atom is -0.460 e. The van der Waals surface area contributed by atoms with Gasteiger partial charge in [-0.25, -0.2) is 5.43 Å². The number of esters is 1. The van der Waals surface area contributed by atoms with Crippen LogP contribution in [0.4, 0.5) is 0 Å². The number of rotatable bonds is 9. The van der Waals surface area contributed by atoms with Crippen molar-refractivity contribution in [3.05, 3.63) is 30.1 Å². The number of aromatic nitrogens is 1. The molecule has 176 valence electrons. The van der Waals surface area contributed by atoms with Gasteiger partial charge in [-0.2, -0.15) is 0 Å². The van der Waals surface area contributed by atoms with Gasteiger partial charge in [0, 0.05) is 25.4 Å². The van der Waals surface area contributed by atoms with Crippen molar-refractivity contribution in [2.24, 2.45) is 0 Å². The van der Waals surface area contributed by atoms with Crippen molar-refractivity contribution in [1.29, 1.82) is 0 Å². The first-order valence-electron chi connectivity index (χ1n) is 9.80. The lowest BCUT2D eigenvalue weighted by Gasteiger charge is -2.34. The van der Waals surface area contributed by atoms with Gasteiger partial charge in [-0.3, -0.25) is 29.2 Å². The normalized spacial score (nSPS) is 18.2. The zero-order valence-electron chi connectivity index (χ0n) is 17.2. The zero-order valence-corrected chi connectivity index (χ0v) is 19.5. The monoisotopic (exact) mass is 507 g/mol. The first-order valence-corrected chi connectivity index (χ1v) is 10.9. The molecule has 0 bridgehead atoms. The number of hydrogen-bond acceptors (Lipinski definition) is 7. The molecule has 3 N–H and O–H groups in total. The van der Waals surface area contributed by atoms with Crippen molar-refractivity contribution < 1.29 is 23.9 Å². The van der Waals surface area contributed by atoms with Crippen LogP contribution in [-0.4, -0.2) is 69.3 Å². The molecule has 10 nitrogen and oxygen atoms in total. The lowest BCUT2D eigenvalue weighted by Crippen LogP contribution is -2.60. The van der Waals surface area contributed by atoms with Crippen LogP contribution in [0.3, 0.4) is 0 Å². The third kappa shape index (κ3) is 8.42. The van der Waals surface area contributed by atoms with Crippen LogP contribution in [0.2, 0.25) is 0 Å². The Morgan fingerprint density at radius 1 is 1.41 bits per heavy atom. The highest BCUT2D eigenvalue weighted by Crippen LogP contribution is 2.26. The van der Waals surface area contributed by atoms with Gasteiger partial charge in [0.2, 0.25) is 16.1 Å². The summed E-state index contributed by atoms with van der Waals surface area (Å²) < 4.78 is 3.23. The Bertz CT molecular complexity index is 808. The Kier molecular flexibility index (Phi) is 9.95. The fourth-order valence-corrected chi connectivity index (χ4v) is 3.21. The molecule has 0 aromatic carbocycles. The van der Waals surface area contributed by atoms with Crippen LogP contribution < -0.4 is 16.1 Å². The molecule has 2 rings (SSSR count). The minimum atomic E-state index is -1.74. The van der Waals surface area contributed by atoms with E-state index in [2.05, 4.69) is 21.0 Å². The second-order valence-electron chi connectivity index (χ2n) is 7.17. The number of carbonyl (C=O) groups is 4. The molecule has 0 spiro atoms. The van der Waals surface area contributed by atoms with Crippen LogP contribution in [0.1, 0.15) is 25.3 Å². The molecule has 13 heteroatoms. The lowest BCUT2D eigenvalue weighted by molar-refractivity contribution is -0.152. The molecule has 1 fully saturated rings. The van der Waals surface area contributed by atoms with Gasteiger partial charge in [0.1, 0.15) is 24.7 Å². The Morgan fingerprint density at radius 2 is 2.16 bits per heavy atom. The molecular formula is C19H24Cl3N5O5. The molecule has 0 aliphatic carbocycles. The van der Waals surface area contributed by atoms with Crippen molar-refractivity contribution in [3.63, 3.8) is 0 Å². The van der Waals surface area contributed by atoms with Gasteiger partial charge >= 0.3 is 5.97 Å². The van der Waals surface area contributed by atoms with Gasteiger partial charge in [0.15, 0.2) is 0 Å². The van der Waals surface area contributed by atoms with Gasteiger partial charge < -0.3 is 15.4 Å². The molecule has 3 amide bonds. The third-order valence-electron chi connectivity index (χ3n) is 4.59. The fourth-order valence-electron chi connectivity index (χ4n) is 3.04. The van der Waals surface area contributed by atoms with Crippen LogP contribution >= 0.6 is 34.8 Å². The highest BCUT2D eigenvalue weighted by Gasteiger charge is 2.33. The maximum absolute atomic E-state index is 12.8. The Hall–Kier alpha value is -2.14. The van der Waals surface area contributed by atoms with E-state index in [1.54, 1.807) is 24.5 Å². The standard InChI is InChI=1S/C19H24Cl3N5O5/c1-12(25-16(29)15(24-11-28)8-13-4-2-6-23-9-13)17(30)27-7-3-5-14(26-27)18(31)32-10-19(20,21)22/h2,4,6,9,11-12,14-15,26H,3,5,7-8,10H2,1H3,(H,24,28)(H,25,29). The molecule has 1 aromatic heterocycles. The van der Waals surface area contributed by atoms with Gasteiger partial charge in [0.05, 0.1) is 0 Å². The minimum absolute atomic E-state index is 0.207. The highest BCUT2D eigenvalue weighted by molar-refractivity contribution is 6.67. The molecular weight excluding hydrogens is 485 g/mol.